The van der Waals surface area contributed by atoms with Gasteiger partial charge < -0.3 is 5.73 Å². The Kier molecular flexibility index (Phi) is 4.18. The van der Waals surface area contributed by atoms with Crippen LogP contribution >= 0.6 is 22.9 Å². The third-order valence-electron chi connectivity index (χ3n) is 4.06. The maximum absolute atomic E-state index is 5.94. The van der Waals surface area contributed by atoms with E-state index in [-0.39, 0.29) is 0 Å². The zero-order valence-corrected chi connectivity index (χ0v) is 14.5. The lowest BCUT2D eigenvalue weighted by Gasteiger charge is -2.27. The topological polar surface area (TPSA) is 67.9 Å². The first-order chi connectivity index (χ1) is 11.7. The fourth-order valence-corrected chi connectivity index (χ4v) is 3.94. The summed E-state index contributed by atoms with van der Waals surface area (Å²) in [4.78, 5) is 16.6. The van der Waals surface area contributed by atoms with Crippen molar-refractivity contribution >= 4 is 28.9 Å². The molecule has 1 aliphatic rings. The average Bonchev–Trinajstić information content (AvgIpc) is 3.04. The zero-order valence-electron chi connectivity index (χ0n) is 12.9. The zero-order chi connectivity index (χ0) is 16.5. The summed E-state index contributed by atoms with van der Waals surface area (Å²) in [5.41, 5.74) is 9.00. The van der Waals surface area contributed by atoms with Crippen molar-refractivity contribution in [2.45, 2.75) is 19.5 Å². The van der Waals surface area contributed by atoms with Crippen LogP contribution in [0.1, 0.15) is 16.1 Å². The van der Waals surface area contributed by atoms with Crippen LogP contribution in [0.4, 0.5) is 5.95 Å². The lowest BCUT2D eigenvalue weighted by atomic mass is 10.1. The first-order valence-corrected chi connectivity index (χ1v) is 8.90. The first-order valence-electron chi connectivity index (χ1n) is 7.70. The number of nitrogen functional groups attached to an aromatic ring is 1. The Bertz CT molecular complexity index is 862. The van der Waals surface area contributed by atoms with Gasteiger partial charge >= 0.3 is 0 Å². The highest BCUT2D eigenvalue weighted by molar-refractivity contribution is 7.15. The number of hydrogen-bond acceptors (Lipinski definition) is 6. The van der Waals surface area contributed by atoms with Crippen LogP contribution in [0.5, 0.6) is 0 Å². The molecule has 0 saturated heterocycles. The molecule has 4 rings (SSSR count). The molecule has 3 aromatic rings. The minimum atomic E-state index is 0.359. The maximum Gasteiger partial charge on any atom is 0.220 e. The smallest absolute Gasteiger partial charge is 0.220 e. The highest BCUT2D eigenvalue weighted by Gasteiger charge is 2.19. The highest BCUT2D eigenvalue weighted by atomic mass is 35.5. The van der Waals surface area contributed by atoms with E-state index in [4.69, 9.17) is 17.3 Å². The van der Waals surface area contributed by atoms with E-state index in [0.717, 1.165) is 52.9 Å². The van der Waals surface area contributed by atoms with Gasteiger partial charge in [-0.2, -0.15) is 0 Å². The second kappa shape index (κ2) is 6.47. The maximum atomic E-state index is 5.94. The molecule has 1 aromatic carbocycles. The predicted octanol–water partition coefficient (Wildman–Crippen LogP) is 3.39. The average molecular weight is 358 g/mol. The molecule has 0 bridgehead atoms. The first kappa shape index (κ1) is 15.5. The summed E-state index contributed by atoms with van der Waals surface area (Å²) in [5, 5.41) is 1.76. The van der Waals surface area contributed by atoms with E-state index in [9.17, 15) is 0 Å². The van der Waals surface area contributed by atoms with Gasteiger partial charge in [0, 0.05) is 59.5 Å². The van der Waals surface area contributed by atoms with Gasteiger partial charge in [0.05, 0.1) is 5.69 Å². The number of aromatic nitrogens is 3. The molecule has 2 N–H and O–H groups in total. The Morgan fingerprint density at radius 2 is 2.00 bits per heavy atom. The Hall–Kier alpha value is -2.02. The number of nitrogens with two attached hydrogens (primary N) is 1. The van der Waals surface area contributed by atoms with Crippen LogP contribution in [-0.4, -0.2) is 26.4 Å². The summed E-state index contributed by atoms with van der Waals surface area (Å²) >= 11 is 7.66. The van der Waals surface area contributed by atoms with Crippen LogP contribution in [-0.2, 0) is 19.5 Å². The number of rotatable bonds is 3. The second-order valence-corrected chi connectivity index (χ2v) is 7.35. The summed E-state index contributed by atoms with van der Waals surface area (Å²) in [6.07, 6.45) is 4.71. The highest BCUT2D eigenvalue weighted by Crippen LogP contribution is 2.28. The SMILES string of the molecule is Nc1ncc2c(n1)CCN(Cc1cnc(-c3ccc(Cl)cc3)s1)C2. The number of benzene rings is 1. The molecular formula is C17H16ClN5S. The lowest BCUT2D eigenvalue weighted by molar-refractivity contribution is 0.245. The molecule has 0 atom stereocenters. The standard InChI is InChI=1S/C17H16ClN5S/c18-13-3-1-11(2-4-13)16-20-8-14(24-16)10-23-6-5-15-12(9-23)7-21-17(19)22-15/h1-4,7-8H,5-6,9-10H2,(H2,19,21,22). The van der Waals surface area contributed by atoms with Gasteiger partial charge in [-0.25, -0.2) is 15.0 Å². The Morgan fingerprint density at radius 1 is 1.17 bits per heavy atom. The van der Waals surface area contributed by atoms with Gasteiger partial charge in [-0.05, 0) is 12.1 Å². The van der Waals surface area contributed by atoms with Gasteiger partial charge in [0.15, 0.2) is 0 Å². The van der Waals surface area contributed by atoms with E-state index >= 15 is 0 Å². The largest absolute Gasteiger partial charge is 0.368 e. The fraction of sp³-hybridized carbons (Fsp3) is 0.235. The summed E-state index contributed by atoms with van der Waals surface area (Å²) in [6, 6.07) is 7.80. The van der Waals surface area contributed by atoms with E-state index < -0.39 is 0 Å². The molecule has 0 fully saturated rings. The van der Waals surface area contributed by atoms with E-state index in [1.165, 1.54) is 4.88 Å². The summed E-state index contributed by atoms with van der Waals surface area (Å²) in [5.74, 6) is 0.359. The van der Waals surface area contributed by atoms with Gasteiger partial charge in [-0.3, -0.25) is 4.90 Å². The van der Waals surface area contributed by atoms with Gasteiger partial charge in [0.1, 0.15) is 5.01 Å². The number of anilines is 1. The Balaban J connectivity index is 1.47. The van der Waals surface area contributed by atoms with Crippen LogP contribution in [0.2, 0.25) is 5.02 Å². The summed E-state index contributed by atoms with van der Waals surface area (Å²) < 4.78 is 0. The number of thiazole rings is 1. The van der Waals surface area contributed by atoms with Crippen molar-refractivity contribution in [3.8, 4) is 10.6 Å². The second-order valence-electron chi connectivity index (χ2n) is 5.80. The number of halogens is 1. The van der Waals surface area contributed by atoms with Gasteiger partial charge in [-0.1, -0.05) is 23.7 Å². The number of hydrogen-bond donors (Lipinski definition) is 1. The monoisotopic (exact) mass is 357 g/mol. The van der Waals surface area contributed by atoms with Crippen molar-refractivity contribution < 1.29 is 0 Å². The third kappa shape index (κ3) is 3.26. The minimum Gasteiger partial charge on any atom is -0.368 e. The van der Waals surface area contributed by atoms with E-state index in [2.05, 4.69) is 19.9 Å². The van der Waals surface area contributed by atoms with Crippen LogP contribution in [0.25, 0.3) is 10.6 Å². The third-order valence-corrected chi connectivity index (χ3v) is 5.34. The molecule has 3 heterocycles. The van der Waals surface area contributed by atoms with Crippen LogP contribution in [0.3, 0.4) is 0 Å². The molecule has 7 heteroatoms. The molecule has 0 aliphatic carbocycles. The molecule has 5 nitrogen and oxygen atoms in total. The summed E-state index contributed by atoms with van der Waals surface area (Å²) in [6.45, 7) is 2.70. The molecular weight excluding hydrogens is 342 g/mol. The molecule has 1 aliphatic heterocycles. The minimum absolute atomic E-state index is 0.359. The Morgan fingerprint density at radius 3 is 2.83 bits per heavy atom. The quantitative estimate of drug-likeness (QED) is 0.778. The molecule has 0 spiro atoms. The predicted molar refractivity (Wildman–Crippen MR) is 96.8 cm³/mol. The van der Waals surface area contributed by atoms with Gasteiger partial charge in [0.2, 0.25) is 5.95 Å². The van der Waals surface area contributed by atoms with Crippen molar-refractivity contribution in [1.29, 1.82) is 0 Å². The molecule has 0 unspecified atom stereocenters. The van der Waals surface area contributed by atoms with Crippen molar-refractivity contribution in [3.63, 3.8) is 0 Å². The van der Waals surface area contributed by atoms with Gasteiger partial charge in [0.25, 0.3) is 0 Å². The lowest BCUT2D eigenvalue weighted by Crippen LogP contribution is -2.30. The van der Waals surface area contributed by atoms with Crippen molar-refractivity contribution in [2.24, 2.45) is 0 Å². The summed E-state index contributed by atoms with van der Waals surface area (Å²) in [7, 11) is 0. The number of nitrogens with zero attached hydrogens (tertiary/aromatic N) is 4. The van der Waals surface area contributed by atoms with E-state index in [0.29, 0.717) is 5.95 Å². The van der Waals surface area contributed by atoms with Gasteiger partial charge in [-0.15, -0.1) is 11.3 Å². The van der Waals surface area contributed by atoms with E-state index in [1.807, 2.05) is 36.7 Å². The molecule has 24 heavy (non-hydrogen) atoms. The van der Waals surface area contributed by atoms with Crippen molar-refractivity contribution in [3.05, 3.63) is 57.8 Å². The fourth-order valence-electron chi connectivity index (χ4n) is 2.85. The Labute approximate surface area is 149 Å². The van der Waals surface area contributed by atoms with Crippen LogP contribution < -0.4 is 5.73 Å². The van der Waals surface area contributed by atoms with Crippen LogP contribution in [0.15, 0.2) is 36.7 Å². The van der Waals surface area contributed by atoms with Crippen molar-refractivity contribution in [2.75, 3.05) is 12.3 Å². The van der Waals surface area contributed by atoms with Crippen molar-refractivity contribution in [1.82, 2.24) is 19.9 Å². The molecule has 0 radical (unpaired) electrons. The number of fused-ring (bicyclic) bond motifs is 1. The molecule has 0 saturated carbocycles. The normalized spacial score (nSPS) is 14.5. The molecule has 0 amide bonds. The van der Waals surface area contributed by atoms with E-state index in [1.54, 1.807) is 11.3 Å². The molecule has 2 aromatic heterocycles. The molecule has 122 valence electrons. The van der Waals surface area contributed by atoms with Crippen LogP contribution in [0, 0.1) is 0 Å².